The van der Waals surface area contributed by atoms with Gasteiger partial charge in [-0.2, -0.15) is 0 Å². The summed E-state index contributed by atoms with van der Waals surface area (Å²) in [5.41, 5.74) is 8.13. The molecule has 0 saturated carbocycles. The molecule has 0 fully saturated rings. The van der Waals surface area contributed by atoms with E-state index in [-0.39, 0.29) is 27.2 Å². The standard InChI is InChI=1S/C19H38IN2/c1-6-10-15(2)11-8-7-9-12-16(3)14-20-19(18(5)22)13-17(4)21/h15,17,19,22H,3,6-14,21H2,1-2,4-5H3/q-1. The van der Waals surface area contributed by atoms with Crippen LogP contribution in [0.5, 0.6) is 0 Å². The van der Waals surface area contributed by atoms with E-state index in [0.717, 1.165) is 18.1 Å². The molecule has 0 amide bonds. The van der Waals surface area contributed by atoms with Crippen molar-refractivity contribution in [3.05, 3.63) is 12.2 Å². The summed E-state index contributed by atoms with van der Waals surface area (Å²) in [7, 11) is 0. The van der Waals surface area contributed by atoms with Crippen LogP contribution >= 0.6 is 0 Å². The Balaban J connectivity index is 3.74. The fraction of sp³-hybridized carbons (Fsp3) is 0.842. The molecule has 0 aliphatic heterocycles. The van der Waals surface area contributed by atoms with Crippen LogP contribution in [0.1, 0.15) is 79.1 Å². The van der Waals surface area contributed by atoms with Crippen LogP contribution in [0.4, 0.5) is 0 Å². The van der Waals surface area contributed by atoms with Gasteiger partial charge in [0.1, 0.15) is 0 Å². The summed E-state index contributed by atoms with van der Waals surface area (Å²) >= 11 is -0.00109. The number of rotatable bonds is 14. The molecule has 0 radical (unpaired) electrons. The molecule has 132 valence electrons. The van der Waals surface area contributed by atoms with Crippen LogP contribution < -0.4 is 26.9 Å². The molecule has 0 heterocycles. The Morgan fingerprint density at radius 1 is 1.18 bits per heavy atom. The van der Waals surface area contributed by atoms with Gasteiger partial charge in [-0.3, -0.25) is 0 Å². The number of unbranched alkanes of at least 4 members (excludes halogenated alkanes) is 2. The molecule has 0 aliphatic carbocycles. The summed E-state index contributed by atoms with van der Waals surface area (Å²) < 4.78 is 1.61. The first-order valence-electron chi connectivity index (χ1n) is 8.91. The van der Waals surface area contributed by atoms with Crippen molar-refractivity contribution in [1.29, 1.82) is 5.41 Å². The molecule has 3 heteroatoms. The predicted octanol–water partition coefficient (Wildman–Crippen LogP) is 2.16. The van der Waals surface area contributed by atoms with E-state index in [1.165, 1.54) is 54.9 Å². The van der Waals surface area contributed by atoms with Crippen molar-refractivity contribution >= 4 is 5.71 Å². The van der Waals surface area contributed by atoms with E-state index in [2.05, 4.69) is 20.4 Å². The maximum absolute atomic E-state index is 7.90. The fourth-order valence-corrected chi connectivity index (χ4v) is 5.99. The van der Waals surface area contributed by atoms with Gasteiger partial charge in [0.15, 0.2) is 0 Å². The van der Waals surface area contributed by atoms with Crippen molar-refractivity contribution in [2.45, 2.75) is 89.0 Å². The summed E-state index contributed by atoms with van der Waals surface area (Å²) in [5, 5.41) is 7.90. The van der Waals surface area contributed by atoms with Gasteiger partial charge in [0, 0.05) is 0 Å². The molecule has 0 bridgehead atoms. The summed E-state index contributed by atoms with van der Waals surface area (Å²) in [5.74, 6) is 0.897. The molecule has 0 aromatic rings. The quantitative estimate of drug-likeness (QED) is 0.146. The van der Waals surface area contributed by atoms with E-state index in [0.29, 0.717) is 3.92 Å². The number of hydrogen-bond donors (Lipinski definition) is 2. The summed E-state index contributed by atoms with van der Waals surface area (Å²) in [6, 6.07) is 0.211. The van der Waals surface area contributed by atoms with Crippen LogP contribution in [-0.2, 0) is 0 Å². The van der Waals surface area contributed by atoms with Gasteiger partial charge in [-0.1, -0.05) is 0 Å². The minimum absolute atomic E-state index is 0.00109. The molecule has 0 aromatic heterocycles. The first-order chi connectivity index (χ1) is 10.4. The van der Waals surface area contributed by atoms with Gasteiger partial charge < -0.3 is 0 Å². The molecule has 0 aromatic carbocycles. The van der Waals surface area contributed by atoms with Gasteiger partial charge in [-0.25, -0.2) is 0 Å². The third kappa shape index (κ3) is 12.6. The maximum atomic E-state index is 7.90. The molecule has 2 nitrogen and oxygen atoms in total. The predicted molar refractivity (Wildman–Crippen MR) is 96.6 cm³/mol. The second-order valence-electron chi connectivity index (χ2n) is 6.89. The minimum atomic E-state index is -0.00109. The van der Waals surface area contributed by atoms with Gasteiger partial charge in [0.05, 0.1) is 0 Å². The molecular formula is C19H38IN2-. The van der Waals surface area contributed by atoms with E-state index < -0.39 is 0 Å². The van der Waals surface area contributed by atoms with Crippen LogP contribution in [0, 0.1) is 11.3 Å². The van der Waals surface area contributed by atoms with Gasteiger partial charge in [0.2, 0.25) is 0 Å². The van der Waals surface area contributed by atoms with E-state index in [9.17, 15) is 0 Å². The van der Waals surface area contributed by atoms with Gasteiger partial charge in [-0.15, -0.1) is 0 Å². The third-order valence-corrected chi connectivity index (χ3v) is 8.03. The van der Waals surface area contributed by atoms with Gasteiger partial charge >= 0.3 is 150 Å². The van der Waals surface area contributed by atoms with E-state index in [4.69, 9.17) is 11.1 Å². The normalized spacial score (nSPS) is 15.5. The third-order valence-electron chi connectivity index (χ3n) is 4.01. The topological polar surface area (TPSA) is 49.9 Å². The van der Waals surface area contributed by atoms with E-state index in [1.54, 1.807) is 0 Å². The van der Waals surface area contributed by atoms with Crippen molar-refractivity contribution in [2.24, 2.45) is 11.7 Å². The van der Waals surface area contributed by atoms with Crippen LogP contribution in [0.15, 0.2) is 12.2 Å². The monoisotopic (exact) mass is 421 g/mol. The Morgan fingerprint density at radius 3 is 2.41 bits per heavy atom. The van der Waals surface area contributed by atoms with Gasteiger partial charge in [-0.05, 0) is 0 Å². The summed E-state index contributed by atoms with van der Waals surface area (Å²) in [6.07, 6.45) is 10.3. The zero-order valence-corrected chi connectivity index (χ0v) is 17.4. The first-order valence-corrected chi connectivity index (χ1v) is 11.7. The Hall–Kier alpha value is 0.100. The number of allylic oxidation sites excluding steroid dienone is 1. The Kier molecular flexibility index (Phi) is 13.6. The van der Waals surface area contributed by atoms with Crippen LogP contribution in [0.25, 0.3) is 0 Å². The Morgan fingerprint density at radius 2 is 1.86 bits per heavy atom. The Bertz CT molecular complexity index is 313. The molecule has 0 saturated heterocycles. The summed E-state index contributed by atoms with van der Waals surface area (Å²) in [4.78, 5) is 0. The molecule has 0 aliphatic rings. The van der Waals surface area contributed by atoms with Crippen molar-refractivity contribution < 1.29 is 21.2 Å². The number of nitrogens with two attached hydrogens (primary N) is 1. The second kappa shape index (κ2) is 13.5. The number of halogens is 1. The fourth-order valence-electron chi connectivity index (χ4n) is 2.63. The zero-order valence-electron chi connectivity index (χ0n) is 15.3. The second-order valence-corrected chi connectivity index (χ2v) is 10.0. The molecule has 3 atom stereocenters. The van der Waals surface area contributed by atoms with E-state index >= 15 is 0 Å². The molecule has 3 unspecified atom stereocenters. The van der Waals surface area contributed by atoms with Crippen LogP contribution in [0.2, 0.25) is 0 Å². The molecular weight excluding hydrogens is 383 g/mol. The summed E-state index contributed by atoms with van der Waals surface area (Å²) in [6.45, 7) is 12.9. The van der Waals surface area contributed by atoms with Crippen LogP contribution in [0.3, 0.4) is 0 Å². The zero-order chi connectivity index (χ0) is 17.0. The van der Waals surface area contributed by atoms with Crippen molar-refractivity contribution in [1.82, 2.24) is 0 Å². The van der Waals surface area contributed by atoms with E-state index in [1.807, 2.05) is 13.8 Å². The molecule has 3 N–H and O–H groups in total. The van der Waals surface area contributed by atoms with Crippen molar-refractivity contribution in [3.8, 4) is 0 Å². The van der Waals surface area contributed by atoms with Crippen molar-refractivity contribution in [2.75, 3.05) is 4.43 Å². The van der Waals surface area contributed by atoms with Crippen LogP contribution in [-0.4, -0.2) is 20.1 Å². The molecule has 0 rings (SSSR count). The Labute approximate surface area is 149 Å². The number of hydrogen-bond acceptors (Lipinski definition) is 2. The SMILES string of the molecule is C=C(CCCCCC(C)CCC)C[I-]C(CC(C)N)C(C)=N. The first kappa shape index (κ1) is 22.1. The number of alkyl halides is 2. The molecule has 0 spiro atoms. The number of nitrogens with one attached hydrogen (secondary N) is 1. The van der Waals surface area contributed by atoms with Gasteiger partial charge in [0.25, 0.3) is 0 Å². The average molecular weight is 421 g/mol. The molecule has 22 heavy (non-hydrogen) atoms. The average Bonchev–Trinajstić information content (AvgIpc) is 2.42. The van der Waals surface area contributed by atoms with Crippen molar-refractivity contribution in [3.63, 3.8) is 0 Å².